The number of sulfonamides is 1. The van der Waals surface area contributed by atoms with Crippen LogP contribution in [-0.4, -0.2) is 19.2 Å². The highest BCUT2D eigenvalue weighted by Gasteiger charge is 2.16. The number of H-pyrrole nitrogens is 1. The lowest BCUT2D eigenvalue weighted by Crippen LogP contribution is -2.14. The molecule has 3 aromatic rings. The Morgan fingerprint density at radius 2 is 1.84 bits per heavy atom. The molecule has 0 bridgehead atoms. The summed E-state index contributed by atoms with van der Waals surface area (Å²) in [5.74, 6) is -0.212. The van der Waals surface area contributed by atoms with Crippen LogP contribution in [0.15, 0.2) is 58.2 Å². The molecule has 0 saturated carbocycles. The molecular weight excluding hydrogens is 340 g/mol. The van der Waals surface area contributed by atoms with Crippen LogP contribution in [0, 0.1) is 6.92 Å². The second kappa shape index (κ2) is 6.18. The van der Waals surface area contributed by atoms with E-state index in [4.69, 9.17) is 0 Å². The third-order valence-electron chi connectivity index (χ3n) is 3.83. The van der Waals surface area contributed by atoms with Crippen LogP contribution in [-0.2, 0) is 10.0 Å². The van der Waals surface area contributed by atoms with Gasteiger partial charge < -0.3 is 4.98 Å². The molecule has 1 heterocycles. The van der Waals surface area contributed by atoms with Gasteiger partial charge in [0.15, 0.2) is 5.78 Å². The Kier molecular flexibility index (Phi) is 4.18. The molecule has 0 saturated heterocycles. The molecular formula is C18H16N2O4S. The van der Waals surface area contributed by atoms with Crippen molar-refractivity contribution in [3.05, 3.63) is 70.0 Å². The maximum absolute atomic E-state index is 12.5. The molecule has 128 valence electrons. The smallest absolute Gasteiger partial charge is 0.261 e. The van der Waals surface area contributed by atoms with Crippen molar-refractivity contribution in [2.24, 2.45) is 0 Å². The summed E-state index contributed by atoms with van der Waals surface area (Å²) < 4.78 is 27.5. The van der Waals surface area contributed by atoms with Crippen LogP contribution >= 0.6 is 0 Å². The molecule has 2 N–H and O–H groups in total. The SMILES string of the molecule is CC(=O)c1cccc(S(=O)(=O)Nc2ccc3cc(C)c(=O)[nH]c3c2)c1. The first-order valence-electron chi connectivity index (χ1n) is 7.54. The number of Topliss-reactive ketones (excluding diaryl/α,β-unsaturated/α-hetero) is 1. The number of benzene rings is 2. The average molecular weight is 356 g/mol. The van der Waals surface area contributed by atoms with Crippen LogP contribution in [0.1, 0.15) is 22.8 Å². The zero-order chi connectivity index (χ0) is 18.2. The monoisotopic (exact) mass is 356 g/mol. The van der Waals surface area contributed by atoms with Gasteiger partial charge in [0, 0.05) is 11.1 Å². The maximum Gasteiger partial charge on any atom is 0.261 e. The Morgan fingerprint density at radius 1 is 1.08 bits per heavy atom. The Balaban J connectivity index is 1.99. The lowest BCUT2D eigenvalue weighted by Gasteiger charge is -2.10. The van der Waals surface area contributed by atoms with Gasteiger partial charge in [-0.1, -0.05) is 18.2 Å². The minimum atomic E-state index is -3.85. The van der Waals surface area contributed by atoms with Crippen molar-refractivity contribution in [3.63, 3.8) is 0 Å². The molecule has 0 radical (unpaired) electrons. The number of nitrogens with one attached hydrogen (secondary N) is 2. The van der Waals surface area contributed by atoms with E-state index in [1.165, 1.54) is 25.1 Å². The van der Waals surface area contributed by atoms with Crippen molar-refractivity contribution in [3.8, 4) is 0 Å². The molecule has 1 aromatic heterocycles. The number of aromatic amines is 1. The first-order chi connectivity index (χ1) is 11.8. The Labute approximate surface area is 144 Å². The summed E-state index contributed by atoms with van der Waals surface area (Å²) >= 11 is 0. The number of ketones is 1. The van der Waals surface area contributed by atoms with E-state index in [2.05, 4.69) is 9.71 Å². The van der Waals surface area contributed by atoms with Gasteiger partial charge in [-0.2, -0.15) is 0 Å². The summed E-state index contributed by atoms with van der Waals surface area (Å²) in [7, 11) is -3.85. The molecule has 0 amide bonds. The number of hydrogen-bond acceptors (Lipinski definition) is 4. The lowest BCUT2D eigenvalue weighted by molar-refractivity contribution is 0.101. The van der Waals surface area contributed by atoms with Gasteiger partial charge in [-0.05, 0) is 49.6 Å². The van der Waals surface area contributed by atoms with Gasteiger partial charge >= 0.3 is 0 Å². The van der Waals surface area contributed by atoms with E-state index >= 15 is 0 Å². The van der Waals surface area contributed by atoms with Crippen LogP contribution in [0.25, 0.3) is 10.9 Å². The standard InChI is InChI=1S/C18H16N2O4S/c1-11-8-14-6-7-15(10-17(14)19-18(11)22)20-25(23,24)16-5-3-4-13(9-16)12(2)21/h3-10,20H,1-2H3,(H,19,22). The van der Waals surface area contributed by atoms with Crippen LogP contribution in [0.2, 0.25) is 0 Å². The van der Waals surface area contributed by atoms with E-state index in [1.807, 2.05) is 0 Å². The molecule has 25 heavy (non-hydrogen) atoms. The highest BCUT2D eigenvalue weighted by atomic mass is 32.2. The van der Waals surface area contributed by atoms with E-state index in [-0.39, 0.29) is 16.2 Å². The third-order valence-corrected chi connectivity index (χ3v) is 5.21. The number of aryl methyl sites for hydroxylation is 1. The highest BCUT2D eigenvalue weighted by Crippen LogP contribution is 2.21. The summed E-state index contributed by atoms with van der Waals surface area (Å²) in [4.78, 5) is 25.9. The van der Waals surface area contributed by atoms with Crippen molar-refractivity contribution >= 4 is 32.4 Å². The number of carbonyl (C=O) groups excluding carboxylic acids is 1. The molecule has 0 aliphatic rings. The minimum Gasteiger partial charge on any atom is -0.322 e. The summed E-state index contributed by atoms with van der Waals surface area (Å²) in [5.41, 5.74) is 1.54. The second-order valence-electron chi connectivity index (χ2n) is 5.77. The van der Waals surface area contributed by atoms with Crippen molar-refractivity contribution in [2.75, 3.05) is 4.72 Å². The maximum atomic E-state index is 12.5. The number of aromatic nitrogens is 1. The fourth-order valence-electron chi connectivity index (χ4n) is 2.47. The topological polar surface area (TPSA) is 96.1 Å². The van der Waals surface area contributed by atoms with Gasteiger partial charge in [0.2, 0.25) is 0 Å². The molecule has 2 aromatic carbocycles. The zero-order valence-electron chi connectivity index (χ0n) is 13.7. The van der Waals surface area contributed by atoms with E-state index in [1.54, 1.807) is 37.3 Å². The lowest BCUT2D eigenvalue weighted by atomic mass is 10.1. The van der Waals surface area contributed by atoms with E-state index in [0.29, 0.717) is 22.3 Å². The number of hydrogen-bond donors (Lipinski definition) is 2. The molecule has 6 nitrogen and oxygen atoms in total. The Bertz CT molecular complexity index is 1150. The van der Waals surface area contributed by atoms with Crippen LogP contribution in [0.4, 0.5) is 5.69 Å². The molecule has 0 aliphatic carbocycles. The van der Waals surface area contributed by atoms with E-state index < -0.39 is 10.0 Å². The average Bonchev–Trinajstić information content (AvgIpc) is 2.56. The molecule has 0 aliphatic heterocycles. The predicted octanol–water partition coefficient (Wildman–Crippen LogP) is 2.84. The van der Waals surface area contributed by atoms with E-state index in [9.17, 15) is 18.0 Å². The van der Waals surface area contributed by atoms with Crippen molar-refractivity contribution < 1.29 is 13.2 Å². The van der Waals surface area contributed by atoms with Gasteiger partial charge in [0.05, 0.1) is 16.1 Å². The molecule has 0 spiro atoms. The number of anilines is 1. The normalized spacial score (nSPS) is 11.4. The van der Waals surface area contributed by atoms with Gasteiger partial charge in [0.25, 0.3) is 15.6 Å². The van der Waals surface area contributed by atoms with Gasteiger partial charge in [-0.15, -0.1) is 0 Å². The summed E-state index contributed by atoms with van der Waals surface area (Å²) in [6, 6.07) is 12.5. The quantitative estimate of drug-likeness (QED) is 0.703. The number of pyridine rings is 1. The first kappa shape index (κ1) is 16.9. The minimum absolute atomic E-state index is 0.00213. The van der Waals surface area contributed by atoms with Crippen molar-refractivity contribution in [1.82, 2.24) is 4.98 Å². The third kappa shape index (κ3) is 3.46. The van der Waals surface area contributed by atoms with Gasteiger partial charge in [-0.3, -0.25) is 14.3 Å². The van der Waals surface area contributed by atoms with Gasteiger partial charge in [0.1, 0.15) is 0 Å². The van der Waals surface area contributed by atoms with Crippen molar-refractivity contribution in [1.29, 1.82) is 0 Å². The summed E-state index contributed by atoms with van der Waals surface area (Å²) in [6.45, 7) is 3.08. The van der Waals surface area contributed by atoms with Crippen LogP contribution < -0.4 is 10.3 Å². The highest BCUT2D eigenvalue weighted by molar-refractivity contribution is 7.92. The second-order valence-corrected chi connectivity index (χ2v) is 7.46. The fraction of sp³-hybridized carbons (Fsp3) is 0.111. The predicted molar refractivity (Wildman–Crippen MR) is 96.6 cm³/mol. The number of carbonyl (C=O) groups is 1. The van der Waals surface area contributed by atoms with E-state index in [0.717, 1.165) is 5.39 Å². The van der Waals surface area contributed by atoms with Gasteiger partial charge in [-0.25, -0.2) is 8.42 Å². The molecule has 3 rings (SSSR count). The molecule has 7 heteroatoms. The molecule has 0 fully saturated rings. The number of rotatable bonds is 4. The van der Waals surface area contributed by atoms with Crippen molar-refractivity contribution in [2.45, 2.75) is 18.7 Å². The summed E-state index contributed by atoms with van der Waals surface area (Å²) in [6.07, 6.45) is 0. The summed E-state index contributed by atoms with van der Waals surface area (Å²) in [5, 5.41) is 0.804. The first-order valence-corrected chi connectivity index (χ1v) is 9.02. The Morgan fingerprint density at radius 3 is 2.56 bits per heavy atom. The zero-order valence-corrected chi connectivity index (χ0v) is 14.5. The largest absolute Gasteiger partial charge is 0.322 e. The molecule has 0 unspecified atom stereocenters. The fourth-order valence-corrected chi connectivity index (χ4v) is 3.56. The molecule has 0 atom stereocenters. The van der Waals surface area contributed by atoms with Crippen LogP contribution in [0.3, 0.4) is 0 Å². The number of fused-ring (bicyclic) bond motifs is 1. The van der Waals surface area contributed by atoms with Crippen LogP contribution in [0.5, 0.6) is 0 Å². The Hall–Kier alpha value is -2.93.